The van der Waals surface area contributed by atoms with E-state index in [2.05, 4.69) is 10.4 Å². The number of benzene rings is 2. The molecule has 0 bridgehead atoms. The molecule has 2 aromatic carbocycles. The highest BCUT2D eigenvalue weighted by molar-refractivity contribution is 6.30. The first-order valence-corrected chi connectivity index (χ1v) is 10.7. The third-order valence-electron chi connectivity index (χ3n) is 5.51. The van der Waals surface area contributed by atoms with Crippen molar-refractivity contribution in [3.63, 3.8) is 0 Å². The molecular weight excluding hydrogens is 443 g/mol. The highest BCUT2D eigenvalue weighted by Gasteiger charge is 2.40. The van der Waals surface area contributed by atoms with Gasteiger partial charge in [0.1, 0.15) is 0 Å². The van der Waals surface area contributed by atoms with Crippen molar-refractivity contribution in [1.29, 1.82) is 0 Å². The highest BCUT2D eigenvalue weighted by atomic mass is 35.5. The number of aromatic nitrogens is 2. The Morgan fingerprint density at radius 3 is 2.31 bits per heavy atom. The Bertz CT molecular complexity index is 1070. The van der Waals surface area contributed by atoms with Gasteiger partial charge in [0.25, 0.3) is 0 Å². The summed E-state index contributed by atoms with van der Waals surface area (Å²) in [5, 5.41) is 6.60. The molecule has 0 aliphatic heterocycles. The third-order valence-corrected chi connectivity index (χ3v) is 5.76. The van der Waals surface area contributed by atoms with Crippen LogP contribution >= 0.6 is 11.6 Å². The minimum atomic E-state index is -4.80. The molecule has 1 N–H and O–H groups in total. The van der Waals surface area contributed by atoms with Gasteiger partial charge in [0.05, 0.1) is 11.9 Å². The minimum absolute atomic E-state index is 0.135. The number of ether oxygens (including phenoxy) is 1. The van der Waals surface area contributed by atoms with Crippen molar-refractivity contribution in [3.05, 3.63) is 71.0 Å². The van der Waals surface area contributed by atoms with Gasteiger partial charge in [0, 0.05) is 10.7 Å². The molecule has 1 fully saturated rings. The van der Waals surface area contributed by atoms with Gasteiger partial charge in [-0.15, -0.1) is 0 Å². The molecule has 5 nitrogen and oxygen atoms in total. The maximum absolute atomic E-state index is 13.7. The van der Waals surface area contributed by atoms with Crippen LogP contribution in [-0.4, -0.2) is 15.9 Å². The molecule has 0 atom stereocenters. The molecule has 0 radical (unpaired) electrons. The molecular formula is C23H21ClF3N3O2. The molecule has 9 heteroatoms. The summed E-state index contributed by atoms with van der Waals surface area (Å²) in [6, 6.07) is 13.0. The van der Waals surface area contributed by atoms with Crippen molar-refractivity contribution in [2.75, 3.05) is 5.32 Å². The van der Waals surface area contributed by atoms with Crippen LogP contribution in [0.5, 0.6) is 5.75 Å². The van der Waals surface area contributed by atoms with E-state index in [1.807, 2.05) is 12.1 Å². The van der Waals surface area contributed by atoms with E-state index in [4.69, 9.17) is 16.3 Å². The van der Waals surface area contributed by atoms with Gasteiger partial charge in [0.2, 0.25) is 0 Å². The quantitative estimate of drug-likeness (QED) is 0.445. The summed E-state index contributed by atoms with van der Waals surface area (Å²) in [6.45, 7) is 0. The molecule has 1 heterocycles. The number of alkyl halides is 3. The maximum atomic E-state index is 13.7. The number of nitrogens with one attached hydrogen (secondary N) is 1. The normalized spacial score (nSPS) is 14.9. The second-order valence-electron chi connectivity index (χ2n) is 7.71. The summed E-state index contributed by atoms with van der Waals surface area (Å²) in [6.07, 6.45) is 1.01. The molecule has 1 saturated carbocycles. The van der Waals surface area contributed by atoms with Crippen LogP contribution in [0, 0.1) is 0 Å². The largest absolute Gasteiger partial charge is 0.437 e. The number of hydrogen-bond donors (Lipinski definition) is 1. The van der Waals surface area contributed by atoms with E-state index < -0.39 is 23.7 Å². The second-order valence-corrected chi connectivity index (χ2v) is 8.15. The van der Waals surface area contributed by atoms with Crippen LogP contribution in [0.2, 0.25) is 5.02 Å². The van der Waals surface area contributed by atoms with Crippen LogP contribution in [0.4, 0.5) is 23.7 Å². The van der Waals surface area contributed by atoms with E-state index in [1.165, 1.54) is 49.1 Å². The van der Waals surface area contributed by atoms with Crippen LogP contribution in [0.25, 0.3) is 5.69 Å². The summed E-state index contributed by atoms with van der Waals surface area (Å²) < 4.78 is 46.8. The van der Waals surface area contributed by atoms with Crippen molar-refractivity contribution >= 4 is 23.4 Å². The zero-order chi connectivity index (χ0) is 22.7. The first-order chi connectivity index (χ1) is 15.3. The topological polar surface area (TPSA) is 56.1 Å². The number of hydrogen-bond acceptors (Lipinski definition) is 3. The van der Waals surface area contributed by atoms with Crippen LogP contribution < -0.4 is 10.1 Å². The number of anilines is 1. The molecule has 0 unspecified atom stereocenters. The Balaban J connectivity index is 1.49. The molecule has 1 amide bonds. The minimum Gasteiger partial charge on any atom is -0.406 e. The Hall–Kier alpha value is -3.00. The zero-order valence-electron chi connectivity index (χ0n) is 17.0. The molecule has 4 rings (SSSR count). The standard InChI is InChI=1S/C23H21ClF3N3O2/c24-17-8-12-19(13-9-17)30-21(23(25,26)27)20(14-28-30)32-22(31)29-18-10-6-16(7-11-18)15-4-2-1-3-5-15/h6-15H,1-5H2,(H,29,31). The predicted molar refractivity (Wildman–Crippen MR) is 115 cm³/mol. The van der Waals surface area contributed by atoms with E-state index in [0.29, 0.717) is 21.3 Å². The summed E-state index contributed by atoms with van der Waals surface area (Å²) in [4.78, 5) is 12.3. The van der Waals surface area contributed by atoms with Gasteiger partial charge in [0.15, 0.2) is 11.4 Å². The van der Waals surface area contributed by atoms with Gasteiger partial charge < -0.3 is 4.74 Å². The average Bonchev–Trinajstić information content (AvgIpc) is 3.19. The predicted octanol–water partition coefficient (Wildman–Crippen LogP) is 7.20. The fourth-order valence-electron chi connectivity index (χ4n) is 3.96. The molecule has 168 valence electrons. The van der Waals surface area contributed by atoms with Crippen LogP contribution in [0.3, 0.4) is 0 Å². The molecule has 3 aromatic rings. The summed E-state index contributed by atoms with van der Waals surface area (Å²) in [7, 11) is 0. The van der Waals surface area contributed by atoms with Crippen LogP contribution in [0.1, 0.15) is 49.3 Å². The Labute approximate surface area is 188 Å². The summed E-state index contributed by atoms with van der Waals surface area (Å²) >= 11 is 5.80. The van der Waals surface area contributed by atoms with Crippen molar-refractivity contribution in [3.8, 4) is 11.4 Å². The van der Waals surface area contributed by atoms with Gasteiger partial charge in [-0.2, -0.15) is 18.3 Å². The monoisotopic (exact) mass is 463 g/mol. The number of rotatable bonds is 4. The first kappa shape index (κ1) is 22.2. The maximum Gasteiger partial charge on any atom is 0.437 e. The SMILES string of the molecule is O=C(Nc1ccc(C2CCCCC2)cc1)Oc1cnn(-c2ccc(Cl)cc2)c1C(F)(F)F. The van der Waals surface area contributed by atoms with Gasteiger partial charge in [-0.05, 0) is 60.7 Å². The fourth-order valence-corrected chi connectivity index (χ4v) is 4.09. The number of carbonyl (C=O) groups excluding carboxylic acids is 1. The van der Waals surface area contributed by atoms with Gasteiger partial charge in [-0.25, -0.2) is 9.48 Å². The number of nitrogens with zero attached hydrogens (tertiary/aromatic N) is 2. The Kier molecular flexibility index (Phi) is 6.41. The van der Waals surface area contributed by atoms with E-state index in [9.17, 15) is 18.0 Å². The van der Waals surface area contributed by atoms with Crippen molar-refractivity contribution in [2.45, 2.75) is 44.2 Å². The Morgan fingerprint density at radius 2 is 1.69 bits per heavy atom. The average molecular weight is 464 g/mol. The first-order valence-electron chi connectivity index (χ1n) is 10.3. The lowest BCUT2D eigenvalue weighted by Gasteiger charge is -2.22. The van der Waals surface area contributed by atoms with Crippen LogP contribution in [0.15, 0.2) is 54.7 Å². The van der Waals surface area contributed by atoms with Gasteiger partial charge in [-0.3, -0.25) is 5.32 Å². The summed E-state index contributed by atoms with van der Waals surface area (Å²) in [5.74, 6) is -0.179. The second kappa shape index (κ2) is 9.24. The van der Waals surface area contributed by atoms with Gasteiger partial charge in [-0.1, -0.05) is 43.0 Å². The molecule has 1 aromatic heterocycles. The number of amides is 1. The highest BCUT2D eigenvalue weighted by Crippen LogP contribution is 2.38. The zero-order valence-corrected chi connectivity index (χ0v) is 17.8. The van der Waals surface area contributed by atoms with E-state index in [1.54, 1.807) is 12.1 Å². The molecule has 32 heavy (non-hydrogen) atoms. The molecule has 1 aliphatic rings. The molecule has 0 saturated heterocycles. The van der Waals surface area contributed by atoms with Crippen molar-refractivity contribution < 1.29 is 22.7 Å². The van der Waals surface area contributed by atoms with E-state index in [0.717, 1.165) is 19.0 Å². The summed E-state index contributed by atoms with van der Waals surface area (Å²) in [5.41, 5.74) is 0.582. The lowest BCUT2D eigenvalue weighted by Crippen LogP contribution is -2.20. The lowest BCUT2D eigenvalue weighted by molar-refractivity contribution is -0.143. The van der Waals surface area contributed by atoms with Crippen molar-refractivity contribution in [2.24, 2.45) is 0 Å². The Morgan fingerprint density at radius 1 is 1.03 bits per heavy atom. The third kappa shape index (κ3) is 5.07. The van der Waals surface area contributed by atoms with E-state index >= 15 is 0 Å². The fraction of sp³-hybridized carbons (Fsp3) is 0.304. The van der Waals surface area contributed by atoms with Crippen molar-refractivity contribution in [1.82, 2.24) is 9.78 Å². The molecule has 0 spiro atoms. The number of halogens is 4. The smallest absolute Gasteiger partial charge is 0.406 e. The van der Waals surface area contributed by atoms with Gasteiger partial charge >= 0.3 is 12.3 Å². The van der Waals surface area contributed by atoms with E-state index in [-0.39, 0.29) is 5.69 Å². The molecule has 1 aliphatic carbocycles. The lowest BCUT2D eigenvalue weighted by atomic mass is 9.84. The number of carbonyl (C=O) groups is 1. The van der Waals surface area contributed by atoms with Crippen LogP contribution in [-0.2, 0) is 6.18 Å².